The second kappa shape index (κ2) is 7.89. The van der Waals surface area contributed by atoms with Crippen molar-refractivity contribution in [3.05, 3.63) is 48.1 Å². The van der Waals surface area contributed by atoms with E-state index < -0.39 is 18.0 Å². The van der Waals surface area contributed by atoms with Crippen molar-refractivity contribution >= 4 is 17.7 Å². The number of benzene rings is 1. The zero-order valence-corrected chi connectivity index (χ0v) is 16.3. The van der Waals surface area contributed by atoms with E-state index in [0.717, 1.165) is 5.82 Å². The topological polar surface area (TPSA) is 120 Å². The molecule has 0 bridgehead atoms. The molecule has 1 aliphatic rings. The molecule has 1 fully saturated rings. The van der Waals surface area contributed by atoms with Crippen LogP contribution in [0.4, 0.5) is 14.9 Å². The summed E-state index contributed by atoms with van der Waals surface area (Å²) in [4.78, 5) is 24.4. The van der Waals surface area contributed by atoms with Crippen molar-refractivity contribution in [1.29, 1.82) is 0 Å². The van der Waals surface area contributed by atoms with Gasteiger partial charge in [-0.1, -0.05) is 5.21 Å². The van der Waals surface area contributed by atoms with Crippen molar-refractivity contribution in [2.75, 3.05) is 18.0 Å². The Balaban J connectivity index is 1.48. The number of carbonyl (C=O) groups excluding carboxylic acids is 2. The molecule has 3 aromatic rings. The number of rotatable bonds is 6. The summed E-state index contributed by atoms with van der Waals surface area (Å²) in [5, 5.41) is 18.4. The Bertz CT molecular complexity index is 1090. The van der Waals surface area contributed by atoms with Crippen LogP contribution in [0.3, 0.4) is 0 Å². The molecule has 1 aliphatic heterocycles. The van der Waals surface area contributed by atoms with Gasteiger partial charge in [0.1, 0.15) is 29.6 Å². The van der Waals surface area contributed by atoms with E-state index in [1.165, 1.54) is 28.6 Å². The van der Waals surface area contributed by atoms with Gasteiger partial charge in [-0.05, 0) is 25.1 Å². The van der Waals surface area contributed by atoms with Gasteiger partial charge >= 0.3 is 6.09 Å². The zero-order valence-electron chi connectivity index (χ0n) is 16.3. The number of hydrogen-bond donors (Lipinski definition) is 1. The molecule has 11 nitrogen and oxygen atoms in total. The maximum atomic E-state index is 14.8. The van der Waals surface area contributed by atoms with E-state index in [1.807, 2.05) is 6.92 Å². The van der Waals surface area contributed by atoms with E-state index in [4.69, 9.17) is 4.74 Å². The first-order valence-corrected chi connectivity index (χ1v) is 9.19. The maximum absolute atomic E-state index is 14.8. The predicted molar refractivity (Wildman–Crippen MR) is 101 cm³/mol. The van der Waals surface area contributed by atoms with Crippen LogP contribution in [0.15, 0.2) is 30.7 Å². The van der Waals surface area contributed by atoms with Gasteiger partial charge in [0.05, 0.1) is 31.5 Å². The van der Waals surface area contributed by atoms with E-state index >= 15 is 0 Å². The van der Waals surface area contributed by atoms with Crippen molar-refractivity contribution in [3.63, 3.8) is 0 Å². The second-order valence-electron chi connectivity index (χ2n) is 6.85. The van der Waals surface area contributed by atoms with Crippen LogP contribution in [-0.2, 0) is 16.1 Å². The van der Waals surface area contributed by atoms with Gasteiger partial charge in [0, 0.05) is 6.92 Å². The van der Waals surface area contributed by atoms with Gasteiger partial charge in [-0.3, -0.25) is 9.69 Å². The summed E-state index contributed by atoms with van der Waals surface area (Å²) in [5.74, 6) is -0.0523. The van der Waals surface area contributed by atoms with Crippen molar-refractivity contribution in [1.82, 2.24) is 35.1 Å². The van der Waals surface area contributed by atoms with Gasteiger partial charge < -0.3 is 14.6 Å². The number of cyclic esters (lactones) is 1. The Morgan fingerprint density at radius 1 is 1.37 bits per heavy atom. The molecular weight excluding hydrogens is 395 g/mol. The lowest BCUT2D eigenvalue weighted by molar-refractivity contribution is -0.119. The summed E-state index contributed by atoms with van der Waals surface area (Å²) in [5.41, 5.74) is 1.16. The Labute approximate surface area is 170 Å². The monoisotopic (exact) mass is 414 g/mol. The third-order valence-electron chi connectivity index (χ3n) is 4.62. The lowest BCUT2D eigenvalue weighted by Gasteiger charge is -2.14. The summed E-state index contributed by atoms with van der Waals surface area (Å²) < 4.78 is 23.1. The summed E-state index contributed by atoms with van der Waals surface area (Å²) in [6.07, 6.45) is 2.11. The first kappa shape index (κ1) is 19.5. The van der Waals surface area contributed by atoms with Gasteiger partial charge in [0.25, 0.3) is 0 Å². The zero-order chi connectivity index (χ0) is 21.3. The number of aryl methyl sites for hydroxylation is 1. The molecule has 1 N–H and O–H groups in total. The molecular formula is C18H19FN8O3. The highest BCUT2D eigenvalue weighted by Gasteiger charge is 2.32. The Hall–Kier alpha value is -3.83. The molecule has 2 aromatic heterocycles. The molecule has 3 heterocycles. The normalized spacial score (nSPS) is 16.0. The lowest BCUT2D eigenvalue weighted by Crippen LogP contribution is -2.33. The molecule has 2 amide bonds. The quantitative estimate of drug-likeness (QED) is 0.634. The number of nitrogens with zero attached hydrogens (tertiary/aromatic N) is 7. The van der Waals surface area contributed by atoms with E-state index in [2.05, 4.69) is 25.8 Å². The first-order chi connectivity index (χ1) is 14.4. The smallest absolute Gasteiger partial charge is 0.414 e. The highest BCUT2D eigenvalue weighted by molar-refractivity contribution is 5.90. The molecule has 12 heteroatoms. The number of ether oxygens (including phenoxy) is 1. The minimum atomic E-state index is -0.593. The van der Waals surface area contributed by atoms with Crippen molar-refractivity contribution in [3.8, 4) is 5.69 Å². The molecule has 0 spiro atoms. The summed E-state index contributed by atoms with van der Waals surface area (Å²) >= 11 is 0. The molecule has 0 saturated carbocycles. The molecule has 0 radical (unpaired) electrons. The third-order valence-corrected chi connectivity index (χ3v) is 4.62. The standard InChI is InChI=1S/C18H19FN8O3/c1-11-22-21-10-25(11)7-13-8-27(24-23-13)17-4-3-14(5-16(17)19)26-9-15(30-18(26)29)6-20-12(2)28/h3-5,8,10,15H,6-7,9H2,1-2H3,(H,20,28). The molecule has 1 aromatic carbocycles. The van der Waals surface area contributed by atoms with Crippen LogP contribution in [-0.4, -0.2) is 61.0 Å². The molecule has 1 unspecified atom stereocenters. The van der Waals surface area contributed by atoms with Crippen LogP contribution < -0.4 is 10.2 Å². The molecule has 30 heavy (non-hydrogen) atoms. The van der Waals surface area contributed by atoms with Crippen molar-refractivity contribution in [2.45, 2.75) is 26.5 Å². The molecule has 156 valence electrons. The van der Waals surface area contributed by atoms with Gasteiger partial charge in [0.15, 0.2) is 5.82 Å². The third kappa shape index (κ3) is 3.97. The fourth-order valence-electron chi connectivity index (χ4n) is 3.08. The van der Waals surface area contributed by atoms with E-state index in [9.17, 15) is 14.0 Å². The minimum Gasteiger partial charge on any atom is -0.442 e. The number of carbonyl (C=O) groups is 2. The van der Waals surface area contributed by atoms with Crippen molar-refractivity contribution < 1.29 is 18.7 Å². The maximum Gasteiger partial charge on any atom is 0.414 e. The Morgan fingerprint density at radius 3 is 2.90 bits per heavy atom. The fourth-order valence-corrected chi connectivity index (χ4v) is 3.08. The predicted octanol–water partition coefficient (Wildman–Crippen LogP) is 0.816. The summed E-state index contributed by atoms with van der Waals surface area (Å²) in [6, 6.07) is 4.36. The van der Waals surface area contributed by atoms with Crippen molar-refractivity contribution in [2.24, 2.45) is 0 Å². The van der Waals surface area contributed by atoms with Gasteiger partial charge in [-0.25, -0.2) is 13.9 Å². The Kier molecular flexibility index (Phi) is 5.12. The molecule has 1 atom stereocenters. The molecule has 4 rings (SSSR count). The largest absolute Gasteiger partial charge is 0.442 e. The number of anilines is 1. The SMILES string of the molecule is CC(=O)NCC1CN(c2ccc(-n3cc(Cn4cnnc4C)nn3)c(F)c2)C(=O)O1. The lowest BCUT2D eigenvalue weighted by atomic mass is 10.2. The second-order valence-corrected chi connectivity index (χ2v) is 6.85. The summed E-state index contributed by atoms with van der Waals surface area (Å²) in [7, 11) is 0. The van der Waals surface area contributed by atoms with Crippen LogP contribution in [0.5, 0.6) is 0 Å². The fraction of sp³-hybridized carbons (Fsp3) is 0.333. The average Bonchev–Trinajstić information content (AvgIpc) is 3.41. The van der Waals surface area contributed by atoms with Crippen LogP contribution in [0.2, 0.25) is 0 Å². The highest BCUT2D eigenvalue weighted by atomic mass is 19.1. The van der Waals surface area contributed by atoms with Gasteiger partial charge in [-0.2, -0.15) is 0 Å². The average molecular weight is 414 g/mol. The minimum absolute atomic E-state index is 0.195. The van der Waals surface area contributed by atoms with E-state index in [1.54, 1.807) is 23.2 Å². The number of hydrogen-bond acceptors (Lipinski definition) is 7. The summed E-state index contributed by atoms with van der Waals surface area (Å²) in [6.45, 7) is 4.02. The highest BCUT2D eigenvalue weighted by Crippen LogP contribution is 2.25. The van der Waals surface area contributed by atoms with E-state index in [-0.39, 0.29) is 24.7 Å². The number of halogens is 1. The van der Waals surface area contributed by atoms with Gasteiger partial charge in [0.2, 0.25) is 5.91 Å². The van der Waals surface area contributed by atoms with Crippen LogP contribution >= 0.6 is 0 Å². The van der Waals surface area contributed by atoms with Crippen LogP contribution in [0, 0.1) is 12.7 Å². The molecule has 1 saturated heterocycles. The van der Waals surface area contributed by atoms with E-state index in [0.29, 0.717) is 17.9 Å². The number of aromatic nitrogens is 6. The van der Waals surface area contributed by atoms with Gasteiger partial charge in [-0.15, -0.1) is 15.3 Å². The number of nitrogens with one attached hydrogen (secondary N) is 1. The first-order valence-electron chi connectivity index (χ1n) is 9.19. The number of amides is 2. The Morgan fingerprint density at radius 2 is 2.20 bits per heavy atom. The van der Waals surface area contributed by atoms with Crippen LogP contribution in [0.1, 0.15) is 18.4 Å². The van der Waals surface area contributed by atoms with Crippen LogP contribution in [0.25, 0.3) is 5.69 Å². The molecule has 0 aliphatic carbocycles.